The number of piperidine rings is 1. The summed E-state index contributed by atoms with van der Waals surface area (Å²) in [6.07, 6.45) is 7.91. The number of aromatic nitrogens is 4. The highest BCUT2D eigenvalue weighted by atomic mass is 16.6. The number of nitrogens with zero attached hydrogens (tertiary/aromatic N) is 4. The fraction of sp³-hybridized carbons (Fsp3) is 0.516. The number of nitrogens with one attached hydrogen (secondary N) is 1. The van der Waals surface area contributed by atoms with Gasteiger partial charge in [0.05, 0.1) is 5.69 Å². The Bertz CT molecular complexity index is 1530. The fourth-order valence-corrected chi connectivity index (χ4v) is 6.82. The maximum Gasteiger partial charge on any atom is 0.410 e. The maximum absolute atomic E-state index is 13.0. The summed E-state index contributed by atoms with van der Waals surface area (Å²) in [6.45, 7) is 14.7. The monoisotopic (exact) mass is 513 g/mol. The van der Waals surface area contributed by atoms with E-state index in [0.29, 0.717) is 11.8 Å². The van der Waals surface area contributed by atoms with Gasteiger partial charge in [-0.3, -0.25) is 4.40 Å². The van der Waals surface area contributed by atoms with Crippen molar-refractivity contribution < 1.29 is 9.53 Å². The molecule has 7 nitrogen and oxygen atoms in total. The summed E-state index contributed by atoms with van der Waals surface area (Å²) < 4.78 is 7.78. The van der Waals surface area contributed by atoms with Crippen LogP contribution in [0.25, 0.3) is 27.8 Å². The quantitative estimate of drug-likeness (QED) is 0.313. The lowest BCUT2D eigenvalue weighted by molar-refractivity contribution is 0.00584. The third-order valence-electron chi connectivity index (χ3n) is 8.66. The third-order valence-corrected chi connectivity index (χ3v) is 8.66. The zero-order chi connectivity index (χ0) is 26.9. The first-order valence-corrected chi connectivity index (χ1v) is 14.0. The van der Waals surface area contributed by atoms with Crippen molar-refractivity contribution in [3.8, 4) is 11.3 Å². The van der Waals surface area contributed by atoms with E-state index in [9.17, 15) is 4.79 Å². The van der Waals surface area contributed by atoms with Gasteiger partial charge >= 0.3 is 6.09 Å². The van der Waals surface area contributed by atoms with Crippen LogP contribution in [0, 0.1) is 13.8 Å². The third kappa shape index (κ3) is 4.07. The lowest BCUT2D eigenvalue weighted by atomic mass is 9.84. The van der Waals surface area contributed by atoms with E-state index in [1.165, 1.54) is 38.9 Å². The van der Waals surface area contributed by atoms with Crippen LogP contribution in [0.5, 0.6) is 0 Å². The minimum absolute atomic E-state index is 0.146. The Morgan fingerprint density at radius 1 is 1.11 bits per heavy atom. The van der Waals surface area contributed by atoms with Crippen molar-refractivity contribution in [2.45, 2.75) is 104 Å². The first kappa shape index (κ1) is 25.0. The summed E-state index contributed by atoms with van der Waals surface area (Å²) in [4.78, 5) is 18.8. The number of aryl methyl sites for hydroxylation is 1. The highest BCUT2D eigenvalue weighted by Crippen LogP contribution is 2.45. The van der Waals surface area contributed by atoms with E-state index >= 15 is 0 Å². The second kappa shape index (κ2) is 8.85. The van der Waals surface area contributed by atoms with E-state index in [1.54, 1.807) is 6.33 Å². The van der Waals surface area contributed by atoms with Crippen molar-refractivity contribution in [2.75, 3.05) is 0 Å². The second-order valence-corrected chi connectivity index (χ2v) is 12.7. The number of pyridine rings is 1. The van der Waals surface area contributed by atoms with Crippen molar-refractivity contribution in [2.24, 2.45) is 0 Å². The molecule has 0 aliphatic carbocycles. The fourth-order valence-electron chi connectivity index (χ4n) is 6.82. The molecule has 1 unspecified atom stereocenters. The Kier molecular flexibility index (Phi) is 5.82. The zero-order valence-corrected chi connectivity index (χ0v) is 23.6. The molecule has 1 aromatic carbocycles. The summed E-state index contributed by atoms with van der Waals surface area (Å²) in [7, 11) is 0. The van der Waals surface area contributed by atoms with Crippen molar-refractivity contribution in [1.29, 1.82) is 0 Å². The van der Waals surface area contributed by atoms with E-state index in [2.05, 4.69) is 67.3 Å². The largest absolute Gasteiger partial charge is 0.444 e. The van der Waals surface area contributed by atoms with Crippen LogP contribution in [0.4, 0.5) is 4.79 Å². The minimum atomic E-state index is -0.465. The molecule has 2 fully saturated rings. The lowest BCUT2D eigenvalue weighted by Gasteiger charge is -2.39. The molecule has 38 heavy (non-hydrogen) atoms. The molecule has 4 aromatic rings. The number of hydrogen-bond donors (Lipinski definition) is 1. The van der Waals surface area contributed by atoms with E-state index in [1.807, 2.05) is 30.1 Å². The highest BCUT2D eigenvalue weighted by Gasteiger charge is 2.45. The number of ether oxygens (including phenoxy) is 1. The van der Waals surface area contributed by atoms with Crippen molar-refractivity contribution in [3.63, 3.8) is 0 Å². The molecule has 0 saturated carbocycles. The van der Waals surface area contributed by atoms with Crippen LogP contribution in [0.15, 0.2) is 30.7 Å². The van der Waals surface area contributed by atoms with Gasteiger partial charge in [-0.2, -0.15) is 0 Å². The molecule has 2 saturated heterocycles. The van der Waals surface area contributed by atoms with Crippen molar-refractivity contribution in [1.82, 2.24) is 24.5 Å². The van der Waals surface area contributed by atoms with Crippen LogP contribution < -0.4 is 0 Å². The lowest BCUT2D eigenvalue weighted by Crippen LogP contribution is -2.48. The predicted molar refractivity (Wildman–Crippen MR) is 151 cm³/mol. The molecule has 1 amide bonds. The molecule has 2 aliphatic heterocycles. The SMILES string of the molecule is Cc1c(-c2[nH]c3ccc(C4C[C@H]5CC[C@@H](C4)N5C(=O)OC(C)(C)C)cc3c2C(C)C)cn2cnnc2c1C. The average molecular weight is 514 g/mol. The summed E-state index contributed by atoms with van der Waals surface area (Å²) in [5.74, 6) is 0.807. The highest BCUT2D eigenvalue weighted by molar-refractivity contribution is 5.92. The molecule has 1 N–H and O–H groups in total. The molecule has 0 spiro atoms. The van der Waals surface area contributed by atoms with Crippen molar-refractivity contribution in [3.05, 3.63) is 53.0 Å². The van der Waals surface area contributed by atoms with Gasteiger partial charge in [-0.1, -0.05) is 19.9 Å². The van der Waals surface area contributed by atoms with Gasteiger partial charge in [0.15, 0.2) is 5.65 Å². The maximum atomic E-state index is 13.0. The molecule has 5 heterocycles. The van der Waals surface area contributed by atoms with Gasteiger partial charge in [-0.15, -0.1) is 10.2 Å². The topological polar surface area (TPSA) is 75.5 Å². The van der Waals surface area contributed by atoms with Crippen LogP contribution in [-0.4, -0.2) is 48.3 Å². The molecular weight excluding hydrogens is 474 g/mol. The van der Waals surface area contributed by atoms with Crippen LogP contribution in [0.3, 0.4) is 0 Å². The number of hydrogen-bond acceptors (Lipinski definition) is 4. The van der Waals surface area contributed by atoms with Crippen molar-refractivity contribution >= 4 is 22.6 Å². The number of benzene rings is 1. The average Bonchev–Trinajstić information content (AvgIpc) is 3.53. The molecule has 6 rings (SSSR count). The van der Waals surface area contributed by atoms with Crippen LogP contribution in [0.2, 0.25) is 0 Å². The predicted octanol–water partition coefficient (Wildman–Crippen LogP) is 7.26. The number of carbonyl (C=O) groups excluding carboxylic acids is 1. The molecule has 2 aliphatic rings. The molecule has 0 radical (unpaired) electrons. The van der Waals surface area contributed by atoms with Gasteiger partial charge in [-0.25, -0.2) is 4.79 Å². The summed E-state index contributed by atoms with van der Waals surface area (Å²) in [6, 6.07) is 7.48. The van der Waals surface area contributed by atoms with Crippen LogP contribution >= 0.6 is 0 Å². The number of H-pyrrole nitrogens is 1. The number of fused-ring (bicyclic) bond motifs is 4. The van der Waals surface area contributed by atoms with Gasteiger partial charge in [0.25, 0.3) is 0 Å². The standard InChI is InChI=1S/C31H39N5O2/c1-17(2)27-24-14-20(21-12-22-9-10-23(13-21)36(22)30(37)38-31(5,6)7)8-11-26(24)33-28(27)25-15-35-16-32-34-29(35)19(4)18(25)3/h8,11,14-17,21-23,33H,9-10,12-13H2,1-7H3/t21?,22-,23+. The van der Waals surface area contributed by atoms with E-state index in [4.69, 9.17) is 4.74 Å². The van der Waals surface area contributed by atoms with Gasteiger partial charge in [0.1, 0.15) is 11.9 Å². The van der Waals surface area contributed by atoms with E-state index < -0.39 is 5.60 Å². The molecule has 200 valence electrons. The number of rotatable bonds is 3. The van der Waals surface area contributed by atoms with Gasteiger partial charge < -0.3 is 14.6 Å². The molecule has 3 atom stereocenters. The summed E-state index contributed by atoms with van der Waals surface area (Å²) >= 11 is 0. The Morgan fingerprint density at radius 2 is 1.82 bits per heavy atom. The normalized spacial score (nSPS) is 21.7. The second-order valence-electron chi connectivity index (χ2n) is 12.7. The zero-order valence-electron chi connectivity index (χ0n) is 23.6. The number of amides is 1. The first-order chi connectivity index (χ1) is 18.0. The van der Waals surface area contributed by atoms with Gasteiger partial charge in [-0.05, 0) is 107 Å². The molecule has 3 aromatic heterocycles. The number of carbonyl (C=O) groups is 1. The Hall–Kier alpha value is -3.35. The Balaban J connectivity index is 1.36. The van der Waals surface area contributed by atoms with Crippen LogP contribution in [-0.2, 0) is 4.74 Å². The first-order valence-electron chi connectivity index (χ1n) is 14.0. The van der Waals surface area contributed by atoms with E-state index in [-0.39, 0.29) is 18.2 Å². The minimum Gasteiger partial charge on any atom is -0.444 e. The molecular formula is C31H39N5O2. The Morgan fingerprint density at radius 3 is 2.47 bits per heavy atom. The van der Waals surface area contributed by atoms with E-state index in [0.717, 1.165) is 36.9 Å². The number of aromatic amines is 1. The van der Waals surface area contributed by atoms with Gasteiger partial charge in [0.2, 0.25) is 0 Å². The smallest absolute Gasteiger partial charge is 0.410 e. The van der Waals surface area contributed by atoms with Gasteiger partial charge in [0, 0.05) is 34.7 Å². The van der Waals surface area contributed by atoms with Crippen LogP contribution in [0.1, 0.15) is 94.4 Å². The summed E-state index contributed by atoms with van der Waals surface area (Å²) in [5.41, 5.74) is 9.10. The molecule has 7 heteroatoms. The summed E-state index contributed by atoms with van der Waals surface area (Å²) in [5, 5.41) is 9.72. The Labute approximate surface area is 224 Å². The molecule has 2 bridgehead atoms.